The van der Waals surface area contributed by atoms with Crippen molar-refractivity contribution in [2.45, 2.75) is 26.7 Å². The normalized spacial score (nSPS) is 10.7. The van der Waals surface area contributed by atoms with Gasteiger partial charge in [0, 0.05) is 31.5 Å². The first-order valence-electron chi connectivity index (χ1n) is 7.54. The molecule has 0 fully saturated rings. The van der Waals surface area contributed by atoms with Crippen molar-refractivity contribution in [2.24, 2.45) is 0 Å². The number of benzene rings is 1. The summed E-state index contributed by atoms with van der Waals surface area (Å²) in [6.07, 6.45) is 2.49. The third-order valence-corrected chi connectivity index (χ3v) is 3.55. The van der Waals surface area contributed by atoms with E-state index in [4.69, 9.17) is 9.52 Å². The summed E-state index contributed by atoms with van der Waals surface area (Å²) in [5, 5.41) is 8.93. The second kappa shape index (κ2) is 7.75. The fraction of sp³-hybridized carbons (Fsp3) is 0.412. The second-order valence-electron chi connectivity index (χ2n) is 5.18. The number of hydrogen-bond donors (Lipinski definition) is 1. The van der Waals surface area contributed by atoms with E-state index in [1.165, 1.54) is 5.56 Å². The van der Waals surface area contributed by atoms with Gasteiger partial charge in [0.2, 0.25) is 5.91 Å². The van der Waals surface area contributed by atoms with Crippen LogP contribution >= 0.6 is 0 Å². The monoisotopic (exact) mass is 302 g/mol. The van der Waals surface area contributed by atoms with Gasteiger partial charge < -0.3 is 14.4 Å². The van der Waals surface area contributed by atoms with Crippen molar-refractivity contribution in [1.29, 1.82) is 0 Å². The Morgan fingerprint density at radius 1 is 1.32 bits per heavy atom. The minimum absolute atomic E-state index is 0.00614. The fourth-order valence-electron chi connectivity index (χ4n) is 2.23. The molecular weight excluding hydrogens is 280 g/mol. The average molecular weight is 302 g/mol. The van der Waals surface area contributed by atoms with Gasteiger partial charge >= 0.3 is 0 Å². The van der Waals surface area contributed by atoms with Gasteiger partial charge in [0.1, 0.15) is 0 Å². The van der Waals surface area contributed by atoms with Crippen LogP contribution in [-0.2, 0) is 11.2 Å². The van der Waals surface area contributed by atoms with E-state index in [2.05, 4.69) is 4.98 Å². The molecule has 0 bridgehead atoms. The zero-order valence-electron chi connectivity index (χ0n) is 13.1. The Morgan fingerprint density at radius 3 is 2.68 bits per heavy atom. The number of aryl methyl sites for hydroxylation is 2. The van der Waals surface area contributed by atoms with Crippen LogP contribution in [0.4, 0.5) is 0 Å². The Hall–Kier alpha value is -2.14. The molecule has 0 unspecified atom stereocenters. The fourth-order valence-corrected chi connectivity index (χ4v) is 2.23. The summed E-state index contributed by atoms with van der Waals surface area (Å²) < 4.78 is 5.70. The number of carbonyl (C=O) groups is 1. The zero-order chi connectivity index (χ0) is 15.9. The highest BCUT2D eigenvalue weighted by Crippen LogP contribution is 2.21. The topological polar surface area (TPSA) is 66.6 Å². The predicted molar refractivity (Wildman–Crippen MR) is 84.3 cm³/mol. The van der Waals surface area contributed by atoms with Gasteiger partial charge in [0.25, 0.3) is 0 Å². The molecule has 0 aliphatic rings. The molecule has 0 atom stereocenters. The lowest BCUT2D eigenvalue weighted by molar-refractivity contribution is -0.131. The maximum Gasteiger partial charge on any atom is 0.223 e. The number of hydrogen-bond acceptors (Lipinski definition) is 4. The Labute approximate surface area is 130 Å². The second-order valence-corrected chi connectivity index (χ2v) is 5.18. The van der Waals surface area contributed by atoms with Gasteiger partial charge in [-0.3, -0.25) is 4.79 Å². The highest BCUT2D eigenvalue weighted by Gasteiger charge is 2.13. The molecular formula is C17H22N2O3. The maximum atomic E-state index is 12.0. The quantitative estimate of drug-likeness (QED) is 0.853. The molecule has 5 nitrogen and oxygen atoms in total. The Morgan fingerprint density at radius 2 is 2.05 bits per heavy atom. The number of oxazole rings is 1. The number of aliphatic hydroxyl groups excluding tert-OH is 1. The first-order valence-corrected chi connectivity index (χ1v) is 7.54. The van der Waals surface area contributed by atoms with Gasteiger partial charge in [-0.1, -0.05) is 29.8 Å². The van der Waals surface area contributed by atoms with Crippen molar-refractivity contribution >= 4 is 5.91 Å². The van der Waals surface area contributed by atoms with Crippen molar-refractivity contribution in [2.75, 3.05) is 19.7 Å². The van der Waals surface area contributed by atoms with Crippen LogP contribution in [0.15, 0.2) is 34.9 Å². The van der Waals surface area contributed by atoms with E-state index in [9.17, 15) is 4.79 Å². The van der Waals surface area contributed by atoms with Gasteiger partial charge in [0.05, 0.1) is 12.8 Å². The summed E-state index contributed by atoms with van der Waals surface area (Å²) >= 11 is 0. The van der Waals surface area contributed by atoms with Crippen molar-refractivity contribution < 1.29 is 14.3 Å². The number of likely N-dealkylation sites (N-methyl/N-ethyl adjacent to an activating group) is 1. The third kappa shape index (κ3) is 4.18. The van der Waals surface area contributed by atoms with Crippen LogP contribution in [0.5, 0.6) is 0 Å². The lowest BCUT2D eigenvalue weighted by Gasteiger charge is -2.19. The van der Waals surface area contributed by atoms with Crippen LogP contribution in [0.2, 0.25) is 0 Å². The van der Waals surface area contributed by atoms with Crippen molar-refractivity contribution in [3.05, 3.63) is 41.9 Å². The molecule has 0 saturated heterocycles. The minimum atomic E-state index is -0.0177. The van der Waals surface area contributed by atoms with Gasteiger partial charge in [0.15, 0.2) is 11.7 Å². The molecule has 0 spiro atoms. The summed E-state index contributed by atoms with van der Waals surface area (Å²) in [6.45, 7) is 4.88. The molecule has 0 radical (unpaired) electrons. The largest absolute Gasteiger partial charge is 0.441 e. The smallest absolute Gasteiger partial charge is 0.223 e. The molecule has 0 aliphatic carbocycles. The molecule has 0 saturated carbocycles. The van der Waals surface area contributed by atoms with Crippen LogP contribution in [0.3, 0.4) is 0 Å². The van der Waals surface area contributed by atoms with Crippen molar-refractivity contribution in [1.82, 2.24) is 9.88 Å². The van der Waals surface area contributed by atoms with E-state index in [0.29, 0.717) is 37.6 Å². The molecule has 22 heavy (non-hydrogen) atoms. The van der Waals surface area contributed by atoms with Crippen LogP contribution in [0, 0.1) is 6.92 Å². The molecule has 5 heteroatoms. The summed E-state index contributed by atoms with van der Waals surface area (Å²) in [6, 6.07) is 8.03. The van der Waals surface area contributed by atoms with E-state index in [0.717, 1.165) is 5.56 Å². The first-order chi connectivity index (χ1) is 10.6. The van der Waals surface area contributed by atoms with Gasteiger partial charge in [-0.25, -0.2) is 4.98 Å². The van der Waals surface area contributed by atoms with E-state index in [-0.39, 0.29) is 12.5 Å². The number of rotatable bonds is 7. The SMILES string of the molecule is CCN(CCO)C(=O)CCc1ncc(-c2ccc(C)cc2)o1. The van der Waals surface area contributed by atoms with E-state index in [1.54, 1.807) is 11.1 Å². The predicted octanol–water partition coefficient (Wildman–Crippen LogP) is 2.42. The molecule has 2 aromatic rings. The first kappa shape index (κ1) is 16.2. The van der Waals surface area contributed by atoms with Crippen LogP contribution in [0.25, 0.3) is 11.3 Å². The average Bonchev–Trinajstić information content (AvgIpc) is 3.00. The highest BCUT2D eigenvalue weighted by molar-refractivity contribution is 5.76. The summed E-state index contributed by atoms with van der Waals surface area (Å²) in [5.74, 6) is 1.28. The number of aromatic nitrogens is 1. The lowest BCUT2D eigenvalue weighted by atomic mass is 10.1. The van der Waals surface area contributed by atoms with Crippen LogP contribution in [0.1, 0.15) is 24.8 Å². The van der Waals surface area contributed by atoms with Crippen LogP contribution in [-0.4, -0.2) is 40.6 Å². The highest BCUT2D eigenvalue weighted by atomic mass is 16.4. The maximum absolute atomic E-state index is 12.0. The summed E-state index contributed by atoms with van der Waals surface area (Å²) in [7, 11) is 0. The van der Waals surface area contributed by atoms with Crippen molar-refractivity contribution in [3.63, 3.8) is 0 Å². The van der Waals surface area contributed by atoms with Gasteiger partial charge in [-0.15, -0.1) is 0 Å². The van der Waals surface area contributed by atoms with Crippen LogP contribution < -0.4 is 0 Å². The Balaban J connectivity index is 1.95. The Bertz CT molecular complexity index is 605. The molecule has 1 heterocycles. The Kier molecular flexibility index (Phi) is 5.72. The van der Waals surface area contributed by atoms with E-state index >= 15 is 0 Å². The third-order valence-electron chi connectivity index (χ3n) is 3.55. The summed E-state index contributed by atoms with van der Waals surface area (Å²) in [5.41, 5.74) is 2.17. The van der Waals surface area contributed by atoms with E-state index < -0.39 is 0 Å². The number of amides is 1. The number of carbonyl (C=O) groups excluding carboxylic acids is 1. The van der Waals surface area contributed by atoms with Gasteiger partial charge in [-0.05, 0) is 13.8 Å². The zero-order valence-corrected chi connectivity index (χ0v) is 13.1. The molecule has 1 N–H and O–H groups in total. The molecule has 118 valence electrons. The number of nitrogens with zero attached hydrogens (tertiary/aromatic N) is 2. The minimum Gasteiger partial charge on any atom is -0.441 e. The summed E-state index contributed by atoms with van der Waals surface area (Å²) in [4.78, 5) is 17.9. The van der Waals surface area contributed by atoms with Crippen molar-refractivity contribution in [3.8, 4) is 11.3 Å². The lowest BCUT2D eigenvalue weighted by Crippen LogP contribution is -2.33. The number of aliphatic hydroxyl groups is 1. The molecule has 1 aromatic heterocycles. The molecule has 0 aliphatic heterocycles. The standard InChI is InChI=1S/C17H22N2O3/c1-3-19(10-11-20)17(21)9-8-16-18-12-15(22-16)14-6-4-13(2)5-7-14/h4-7,12,20H,3,8-11H2,1-2H3. The van der Waals surface area contributed by atoms with Gasteiger partial charge in [-0.2, -0.15) is 0 Å². The molecule has 2 rings (SSSR count). The van der Waals surface area contributed by atoms with E-state index in [1.807, 2.05) is 38.1 Å². The molecule has 1 amide bonds. The molecule has 1 aromatic carbocycles.